The molecule has 0 spiro atoms. The number of esters is 1. The Morgan fingerprint density at radius 2 is 1.82 bits per heavy atom. The molecular formula is C29H42O9. The van der Waals surface area contributed by atoms with E-state index in [1.807, 2.05) is 0 Å². The molecule has 0 radical (unpaired) electrons. The minimum Gasteiger partial charge on any atom is -0.458 e. The average Bonchev–Trinajstić information content (AvgIpc) is 3.41. The van der Waals surface area contributed by atoms with E-state index in [1.165, 1.54) is 0 Å². The largest absolute Gasteiger partial charge is 0.458 e. The van der Waals surface area contributed by atoms with Crippen LogP contribution in [0.2, 0.25) is 0 Å². The molecule has 1 unspecified atom stereocenters. The number of aldehydes is 1. The number of hydrogen-bond donors (Lipinski definition) is 4. The lowest BCUT2D eigenvalue weighted by Crippen LogP contribution is -2.69. The summed E-state index contributed by atoms with van der Waals surface area (Å²) in [5, 5.41) is 44.6. The molecule has 6 rings (SSSR count). The van der Waals surface area contributed by atoms with E-state index in [4.69, 9.17) is 14.2 Å². The van der Waals surface area contributed by atoms with Crippen LogP contribution in [0.5, 0.6) is 0 Å². The van der Waals surface area contributed by atoms with Crippen molar-refractivity contribution in [3.63, 3.8) is 0 Å². The molecule has 4 saturated carbocycles. The first-order valence-corrected chi connectivity index (χ1v) is 14.4. The van der Waals surface area contributed by atoms with Gasteiger partial charge >= 0.3 is 5.97 Å². The summed E-state index contributed by atoms with van der Waals surface area (Å²) in [5.74, 6) is -0.473. The maximum Gasteiger partial charge on any atom is 0.331 e. The summed E-state index contributed by atoms with van der Waals surface area (Å²) in [5.41, 5.74) is -2.60. The maximum absolute atomic E-state index is 12.9. The summed E-state index contributed by atoms with van der Waals surface area (Å²) in [6.45, 7) is 4.13. The van der Waals surface area contributed by atoms with Crippen molar-refractivity contribution in [1.82, 2.24) is 0 Å². The van der Waals surface area contributed by atoms with Gasteiger partial charge in [0.25, 0.3) is 0 Å². The van der Waals surface area contributed by atoms with Crippen LogP contribution in [0.25, 0.3) is 0 Å². The molecular weight excluding hydrogens is 492 g/mol. The second-order valence-corrected chi connectivity index (χ2v) is 13.3. The predicted molar refractivity (Wildman–Crippen MR) is 133 cm³/mol. The van der Waals surface area contributed by atoms with Gasteiger partial charge in [-0.3, -0.25) is 0 Å². The highest BCUT2D eigenvalue weighted by atomic mass is 16.7. The SMILES string of the molecule is C[C@H]1O[C@@H](O[C@H]2CC[C@]3(C=O)[C@H]4CC[C@]5(C)[C@@H](C6=CC(=O)OC6)CC[C@]5(O)C4CC[C@]3(O)C2)C[C@H](O)[C@@H]1O. The number of hydrogen-bond acceptors (Lipinski definition) is 9. The summed E-state index contributed by atoms with van der Waals surface area (Å²) < 4.78 is 17.1. The lowest BCUT2D eigenvalue weighted by molar-refractivity contribution is -0.286. The Morgan fingerprint density at radius 3 is 2.50 bits per heavy atom. The molecule has 0 aromatic rings. The van der Waals surface area contributed by atoms with Crippen molar-refractivity contribution in [3.05, 3.63) is 11.6 Å². The van der Waals surface area contributed by atoms with E-state index in [0.29, 0.717) is 45.1 Å². The standard InChI is InChI=1S/C29H42O9/c1-16-25(33)22(31)12-24(37-16)38-18-3-8-27(15-30)20-4-7-26(2)19(17-11-23(32)36-14-17)6-10-29(26,35)21(20)5-9-28(27,34)13-18/h11,15-16,18-22,24-25,31,33-35H,3-10,12-14H2,1-2H3/t16-,18+,19-,20+,21?,22+,24+,25-,26-,27+,28+,29+/m1/s1. The highest BCUT2D eigenvalue weighted by Gasteiger charge is 2.71. The third kappa shape index (κ3) is 3.65. The third-order valence-electron chi connectivity index (χ3n) is 11.9. The zero-order valence-corrected chi connectivity index (χ0v) is 22.4. The molecule has 9 heteroatoms. The molecule has 1 saturated heterocycles. The van der Waals surface area contributed by atoms with E-state index < -0.39 is 46.6 Å². The smallest absolute Gasteiger partial charge is 0.331 e. The van der Waals surface area contributed by atoms with E-state index in [2.05, 4.69) is 6.92 Å². The van der Waals surface area contributed by atoms with Gasteiger partial charge < -0.3 is 39.4 Å². The quantitative estimate of drug-likeness (QED) is 0.241. The minimum absolute atomic E-state index is 0.0729. The first kappa shape index (κ1) is 26.8. The fourth-order valence-corrected chi connectivity index (χ4v) is 9.76. The highest BCUT2D eigenvalue weighted by molar-refractivity contribution is 5.85. The first-order chi connectivity index (χ1) is 18.0. The number of ether oxygens (including phenoxy) is 3. The number of aliphatic hydroxyl groups is 4. The Balaban J connectivity index is 1.22. The normalized spacial score (nSPS) is 54.4. The van der Waals surface area contributed by atoms with Gasteiger partial charge in [-0.2, -0.15) is 0 Å². The van der Waals surface area contributed by atoms with E-state index >= 15 is 0 Å². The van der Waals surface area contributed by atoms with E-state index in [-0.39, 0.29) is 36.2 Å². The molecule has 4 N–H and O–H groups in total. The highest BCUT2D eigenvalue weighted by Crippen LogP contribution is 2.70. The van der Waals surface area contributed by atoms with Crippen LogP contribution >= 0.6 is 0 Å². The van der Waals surface area contributed by atoms with Gasteiger partial charge in [0.05, 0.1) is 34.9 Å². The number of rotatable bonds is 4. The van der Waals surface area contributed by atoms with Crippen molar-refractivity contribution >= 4 is 12.3 Å². The van der Waals surface area contributed by atoms with Gasteiger partial charge in [-0.15, -0.1) is 0 Å². The number of cyclic esters (lactones) is 1. The summed E-state index contributed by atoms with van der Waals surface area (Å²) >= 11 is 0. The molecule has 212 valence electrons. The molecule has 0 aromatic heterocycles. The Bertz CT molecular complexity index is 1000. The van der Waals surface area contributed by atoms with Crippen LogP contribution in [0.4, 0.5) is 0 Å². The molecule has 38 heavy (non-hydrogen) atoms. The summed E-state index contributed by atoms with van der Waals surface area (Å²) in [4.78, 5) is 24.7. The van der Waals surface area contributed by atoms with Crippen LogP contribution in [0.3, 0.4) is 0 Å². The van der Waals surface area contributed by atoms with Crippen molar-refractivity contribution in [2.45, 2.75) is 120 Å². The summed E-state index contributed by atoms with van der Waals surface area (Å²) in [7, 11) is 0. The number of fused-ring (bicyclic) bond motifs is 5. The summed E-state index contributed by atoms with van der Waals surface area (Å²) in [6.07, 6.45) is 4.50. The van der Waals surface area contributed by atoms with Gasteiger partial charge in [0.1, 0.15) is 19.0 Å². The summed E-state index contributed by atoms with van der Waals surface area (Å²) in [6, 6.07) is 0. The van der Waals surface area contributed by atoms with Crippen molar-refractivity contribution in [1.29, 1.82) is 0 Å². The number of aliphatic hydroxyl groups excluding tert-OH is 2. The monoisotopic (exact) mass is 534 g/mol. The van der Waals surface area contributed by atoms with E-state index in [9.17, 15) is 30.0 Å². The zero-order chi connectivity index (χ0) is 27.1. The molecule has 0 bridgehead atoms. The van der Waals surface area contributed by atoms with Gasteiger partial charge in [-0.05, 0) is 81.6 Å². The van der Waals surface area contributed by atoms with E-state index in [1.54, 1.807) is 13.0 Å². The molecule has 2 heterocycles. The second kappa shape index (κ2) is 9.08. The Kier molecular flexibility index (Phi) is 6.41. The van der Waals surface area contributed by atoms with Crippen LogP contribution < -0.4 is 0 Å². The van der Waals surface area contributed by atoms with Gasteiger partial charge in [-0.1, -0.05) is 6.92 Å². The molecule has 4 aliphatic carbocycles. The molecule has 5 fully saturated rings. The van der Waals surface area contributed by atoms with Crippen LogP contribution in [0.1, 0.15) is 78.1 Å². The van der Waals surface area contributed by atoms with Crippen LogP contribution in [0.15, 0.2) is 11.6 Å². The number of carbonyl (C=O) groups is 2. The lowest BCUT2D eigenvalue weighted by atomic mass is 9.41. The van der Waals surface area contributed by atoms with Crippen LogP contribution in [-0.4, -0.2) is 81.2 Å². The molecule has 0 aromatic carbocycles. The molecule has 12 atom stereocenters. The van der Waals surface area contributed by atoms with Crippen LogP contribution in [0, 0.1) is 28.6 Å². The van der Waals surface area contributed by atoms with E-state index in [0.717, 1.165) is 31.1 Å². The Labute approximate surface area is 223 Å². The molecule has 9 nitrogen and oxygen atoms in total. The molecule has 6 aliphatic rings. The Hall–Kier alpha value is -1.36. The predicted octanol–water partition coefficient (Wildman–Crippen LogP) is 1.78. The van der Waals surface area contributed by atoms with Gasteiger partial charge in [-0.25, -0.2) is 4.79 Å². The van der Waals surface area contributed by atoms with Crippen LogP contribution in [-0.2, 0) is 23.8 Å². The molecule has 0 amide bonds. The Morgan fingerprint density at radius 1 is 1.05 bits per heavy atom. The lowest BCUT2D eigenvalue weighted by Gasteiger charge is -2.65. The zero-order valence-electron chi connectivity index (χ0n) is 22.4. The van der Waals surface area contributed by atoms with Crippen molar-refractivity contribution in [2.24, 2.45) is 28.6 Å². The van der Waals surface area contributed by atoms with Gasteiger partial charge in [0.2, 0.25) is 0 Å². The number of carbonyl (C=O) groups excluding carboxylic acids is 2. The van der Waals surface area contributed by atoms with Crippen molar-refractivity contribution < 1.29 is 44.2 Å². The van der Waals surface area contributed by atoms with Gasteiger partial charge in [0.15, 0.2) is 6.29 Å². The van der Waals surface area contributed by atoms with Gasteiger partial charge in [0, 0.05) is 24.3 Å². The van der Waals surface area contributed by atoms with Crippen molar-refractivity contribution in [3.8, 4) is 0 Å². The minimum atomic E-state index is -1.24. The topological polar surface area (TPSA) is 143 Å². The third-order valence-corrected chi connectivity index (χ3v) is 11.9. The molecule has 2 aliphatic heterocycles. The fourth-order valence-electron chi connectivity index (χ4n) is 9.76. The maximum atomic E-state index is 12.9. The van der Waals surface area contributed by atoms with Crippen molar-refractivity contribution in [2.75, 3.05) is 6.61 Å². The average molecular weight is 535 g/mol. The fraction of sp³-hybridized carbons (Fsp3) is 0.862. The first-order valence-electron chi connectivity index (χ1n) is 14.4. The second-order valence-electron chi connectivity index (χ2n) is 13.3.